The van der Waals surface area contributed by atoms with E-state index in [1.165, 1.54) is 26.2 Å². The molecule has 3 rings (SSSR count). The van der Waals surface area contributed by atoms with Gasteiger partial charge in [-0.2, -0.15) is 11.8 Å². The Bertz CT molecular complexity index is 1520. The number of azide groups is 1. The summed E-state index contributed by atoms with van der Waals surface area (Å²) in [4.78, 5) is 62.7. The van der Waals surface area contributed by atoms with Crippen molar-refractivity contribution >= 4 is 41.4 Å². The number of carbonyl (C=O) groups excluding carboxylic acids is 3. The number of thioether (sulfide) groups is 1. The van der Waals surface area contributed by atoms with E-state index in [2.05, 4.69) is 31.3 Å². The van der Waals surface area contributed by atoms with Gasteiger partial charge in [-0.3, -0.25) is 19.7 Å². The summed E-state index contributed by atoms with van der Waals surface area (Å²) in [5.41, 5.74) is 8.19. The first-order valence-corrected chi connectivity index (χ1v) is 20.0. The van der Waals surface area contributed by atoms with Gasteiger partial charge in [-0.25, -0.2) is 9.59 Å². The fourth-order valence-corrected chi connectivity index (χ4v) is 7.79. The Morgan fingerprint density at radius 3 is 2.26 bits per heavy atom. The molecule has 4 atom stereocenters. The van der Waals surface area contributed by atoms with Crippen LogP contribution in [-0.4, -0.2) is 141 Å². The van der Waals surface area contributed by atoms with Crippen LogP contribution in [0.25, 0.3) is 10.4 Å². The van der Waals surface area contributed by atoms with Crippen molar-refractivity contribution in [2.45, 2.75) is 75.2 Å². The lowest BCUT2D eigenvalue weighted by atomic mass is 10.0. The van der Waals surface area contributed by atoms with E-state index in [4.69, 9.17) is 29.2 Å². The van der Waals surface area contributed by atoms with E-state index in [-0.39, 0.29) is 91.8 Å². The number of nitro benzene ring substituents is 1. The summed E-state index contributed by atoms with van der Waals surface area (Å²) in [6, 6.07) is 1.94. The lowest BCUT2D eigenvalue weighted by Gasteiger charge is -2.27. The average Bonchev–Trinajstić information content (AvgIpc) is 3.75. The number of ether oxygens (including phenoxy) is 5. The van der Waals surface area contributed by atoms with Crippen LogP contribution in [0.2, 0.25) is 0 Å². The number of carboxylic acid groups (broad SMARTS) is 1. The number of amides is 5. The maximum absolute atomic E-state index is 12.2. The monoisotopic (exact) mass is 825 g/mol. The van der Waals surface area contributed by atoms with Gasteiger partial charge in [-0.05, 0) is 44.2 Å². The molecule has 0 spiro atoms. The van der Waals surface area contributed by atoms with E-state index in [9.17, 15) is 34.4 Å². The molecule has 318 valence electrons. The molecule has 57 heavy (non-hydrogen) atoms. The minimum absolute atomic E-state index is 0.00227. The summed E-state index contributed by atoms with van der Waals surface area (Å²) in [7, 11) is 1.35. The van der Waals surface area contributed by atoms with Gasteiger partial charge in [0.1, 0.15) is 0 Å². The highest BCUT2D eigenvalue weighted by molar-refractivity contribution is 8.00. The lowest BCUT2D eigenvalue weighted by Crippen LogP contribution is -2.36. The molecule has 2 saturated heterocycles. The summed E-state index contributed by atoms with van der Waals surface area (Å²) in [6.07, 6.45) is 2.57. The summed E-state index contributed by atoms with van der Waals surface area (Å²) in [6.45, 7) is 4.48. The molecule has 2 aliphatic heterocycles. The number of methoxy groups -OCH3 is 1. The van der Waals surface area contributed by atoms with Gasteiger partial charge in [-0.1, -0.05) is 11.5 Å². The van der Waals surface area contributed by atoms with Crippen LogP contribution < -0.4 is 30.7 Å². The Hall–Kier alpha value is -4.76. The number of rotatable bonds is 30. The molecule has 2 heterocycles. The minimum Gasteiger partial charge on any atom is -0.493 e. The van der Waals surface area contributed by atoms with Crippen molar-refractivity contribution in [3.63, 3.8) is 0 Å². The molecule has 21 nitrogen and oxygen atoms in total. The second-order valence-corrected chi connectivity index (χ2v) is 14.4. The van der Waals surface area contributed by atoms with E-state index < -0.39 is 17.1 Å². The number of unbranched alkanes of at least 4 members (excludes halogenated alkanes) is 1. The van der Waals surface area contributed by atoms with E-state index in [1.807, 2.05) is 11.8 Å². The zero-order chi connectivity index (χ0) is 41.4. The standard InChI is InChI=1S/C35H55N9O12S/c1-24(43(35(48)49)13-6-10-39-42-36)25-21-28(52-2)29(22-27(25)44(50)51)56-14-5-9-32(46)38-12-16-54-18-20-55-19-17-53-15-11-37-31(45)8-4-3-7-30-33-26(23-57-30)40-34(47)41-33/h21-22,24,26,30,33H,3-20,23H2,1-2H3,(H,37,45)(H,38,46)(H,48,49)(H2,40,41,47)/t24?,26-,30-,33-/m1/s1. The Balaban J connectivity index is 1.17. The topological polar surface area (TPSA) is 278 Å². The fraction of sp³-hybridized carbons (Fsp3) is 0.714. The number of benzene rings is 1. The molecule has 0 bridgehead atoms. The Morgan fingerprint density at radius 1 is 1.00 bits per heavy atom. The van der Waals surface area contributed by atoms with Gasteiger partial charge >= 0.3 is 12.1 Å². The molecule has 2 aliphatic rings. The molecule has 0 aromatic heterocycles. The van der Waals surface area contributed by atoms with Gasteiger partial charge in [0.2, 0.25) is 11.8 Å². The number of urea groups is 1. The SMILES string of the molecule is COc1cc(C(C)N(CCCN=[N+]=[N-])C(=O)O)c([N+](=O)[O-])cc1OCCCC(=O)NCCOCCOCCOCCNC(=O)CCCC[C@H]1SC[C@H]2NC(=O)N[C@H]21. The van der Waals surface area contributed by atoms with Crippen LogP contribution in [0.5, 0.6) is 11.5 Å². The number of nitrogens with zero attached hydrogens (tertiary/aromatic N) is 5. The number of hydrogen-bond donors (Lipinski definition) is 5. The first kappa shape index (κ1) is 46.6. The van der Waals surface area contributed by atoms with Gasteiger partial charge in [0, 0.05) is 54.9 Å². The van der Waals surface area contributed by atoms with Crippen LogP contribution in [0.1, 0.15) is 63.5 Å². The van der Waals surface area contributed by atoms with Gasteiger partial charge in [0.05, 0.1) is 88.0 Å². The van der Waals surface area contributed by atoms with Crippen LogP contribution in [-0.2, 0) is 23.8 Å². The number of nitro groups is 1. The third kappa shape index (κ3) is 16.7. The van der Waals surface area contributed by atoms with Gasteiger partial charge in [0.25, 0.3) is 5.69 Å². The Kier molecular flexibility index (Phi) is 21.4. The summed E-state index contributed by atoms with van der Waals surface area (Å²) in [5, 5.41) is 37.0. The quantitative estimate of drug-likeness (QED) is 0.0141. The molecule has 2 fully saturated rings. The van der Waals surface area contributed by atoms with Crippen molar-refractivity contribution in [2.24, 2.45) is 5.11 Å². The molecule has 1 unspecified atom stereocenters. The van der Waals surface area contributed by atoms with E-state index in [1.54, 1.807) is 0 Å². The smallest absolute Gasteiger partial charge is 0.407 e. The van der Waals surface area contributed by atoms with Crippen LogP contribution in [0.4, 0.5) is 15.3 Å². The molecule has 1 aromatic rings. The van der Waals surface area contributed by atoms with Gasteiger partial charge < -0.3 is 55.0 Å². The number of carbonyl (C=O) groups is 4. The summed E-state index contributed by atoms with van der Waals surface area (Å²) in [5.74, 6) is 0.946. The first-order valence-electron chi connectivity index (χ1n) is 19.0. The van der Waals surface area contributed by atoms with Crippen molar-refractivity contribution in [3.05, 3.63) is 38.3 Å². The molecule has 5 amide bonds. The summed E-state index contributed by atoms with van der Waals surface area (Å²) < 4.78 is 27.5. The van der Waals surface area contributed by atoms with Crippen LogP contribution in [0, 0.1) is 10.1 Å². The molecule has 0 radical (unpaired) electrons. The predicted octanol–water partition coefficient (Wildman–Crippen LogP) is 3.51. The molecular weight excluding hydrogens is 771 g/mol. The highest BCUT2D eigenvalue weighted by atomic mass is 32.2. The molecular formula is C35H55N9O12S. The first-order chi connectivity index (χ1) is 27.5. The third-order valence-electron chi connectivity index (χ3n) is 9.16. The molecule has 0 saturated carbocycles. The maximum Gasteiger partial charge on any atom is 0.407 e. The lowest BCUT2D eigenvalue weighted by molar-refractivity contribution is -0.386. The number of nitrogens with one attached hydrogen (secondary N) is 4. The fourth-order valence-electron chi connectivity index (χ4n) is 6.24. The van der Waals surface area contributed by atoms with E-state index in [0.717, 1.165) is 29.9 Å². The van der Waals surface area contributed by atoms with Crippen molar-refractivity contribution in [1.82, 2.24) is 26.2 Å². The summed E-state index contributed by atoms with van der Waals surface area (Å²) >= 11 is 1.88. The average molecular weight is 826 g/mol. The largest absolute Gasteiger partial charge is 0.493 e. The second kappa shape index (κ2) is 26.2. The predicted molar refractivity (Wildman–Crippen MR) is 209 cm³/mol. The van der Waals surface area contributed by atoms with E-state index >= 15 is 0 Å². The number of fused-ring (bicyclic) bond motifs is 1. The normalized spacial score (nSPS) is 17.4. The van der Waals surface area contributed by atoms with Gasteiger partial charge in [0.15, 0.2) is 11.5 Å². The van der Waals surface area contributed by atoms with Crippen molar-refractivity contribution in [2.75, 3.05) is 85.3 Å². The minimum atomic E-state index is -1.29. The molecule has 5 N–H and O–H groups in total. The second-order valence-electron chi connectivity index (χ2n) is 13.1. The highest BCUT2D eigenvalue weighted by Gasteiger charge is 2.42. The van der Waals surface area contributed by atoms with Crippen LogP contribution in [0.3, 0.4) is 0 Å². The third-order valence-corrected chi connectivity index (χ3v) is 10.7. The highest BCUT2D eigenvalue weighted by Crippen LogP contribution is 2.39. The number of hydrogen-bond acceptors (Lipinski definition) is 13. The molecule has 22 heteroatoms. The van der Waals surface area contributed by atoms with Crippen LogP contribution >= 0.6 is 11.8 Å². The van der Waals surface area contributed by atoms with Crippen molar-refractivity contribution < 1.29 is 52.9 Å². The zero-order valence-electron chi connectivity index (χ0n) is 32.5. The molecule has 1 aromatic carbocycles. The van der Waals surface area contributed by atoms with Crippen LogP contribution in [0.15, 0.2) is 17.2 Å². The zero-order valence-corrected chi connectivity index (χ0v) is 33.3. The van der Waals surface area contributed by atoms with Crippen molar-refractivity contribution in [1.29, 1.82) is 0 Å². The molecule has 0 aliphatic carbocycles. The van der Waals surface area contributed by atoms with Gasteiger partial charge in [-0.15, -0.1) is 0 Å². The Morgan fingerprint density at radius 2 is 1.65 bits per heavy atom. The van der Waals surface area contributed by atoms with Crippen molar-refractivity contribution in [3.8, 4) is 11.5 Å². The van der Waals surface area contributed by atoms with E-state index in [0.29, 0.717) is 64.2 Å². The maximum atomic E-state index is 12.2. The Labute approximate surface area is 335 Å².